The summed E-state index contributed by atoms with van der Waals surface area (Å²) in [5, 5.41) is 3.99. The van der Waals surface area contributed by atoms with Gasteiger partial charge in [-0.05, 0) is 37.9 Å². The monoisotopic (exact) mass is 372 g/mol. The van der Waals surface area contributed by atoms with Crippen molar-refractivity contribution in [2.24, 2.45) is 5.92 Å². The second-order valence-corrected chi connectivity index (χ2v) is 8.63. The third-order valence-electron chi connectivity index (χ3n) is 5.63. The molecular weight excluding hydrogens is 348 g/mol. The molecular formula is C19H24N4O2S. The van der Waals surface area contributed by atoms with Crippen LogP contribution < -0.4 is 5.32 Å². The molecule has 4 rings (SSSR count). The third kappa shape index (κ3) is 2.89. The van der Waals surface area contributed by atoms with Gasteiger partial charge in [-0.25, -0.2) is 14.7 Å². The number of carbonyl (C=O) groups is 2. The lowest BCUT2D eigenvalue weighted by atomic mass is 9.73. The maximum atomic E-state index is 13.0. The van der Waals surface area contributed by atoms with E-state index in [2.05, 4.69) is 23.3 Å². The number of benzene rings is 1. The molecule has 2 aromatic rings. The average molecular weight is 372 g/mol. The molecule has 2 heterocycles. The summed E-state index contributed by atoms with van der Waals surface area (Å²) in [6.45, 7) is 2.97. The summed E-state index contributed by atoms with van der Waals surface area (Å²) in [4.78, 5) is 33.5. The highest BCUT2D eigenvalue weighted by Gasteiger charge is 2.54. The van der Waals surface area contributed by atoms with E-state index in [1.807, 2.05) is 30.1 Å². The van der Waals surface area contributed by atoms with Gasteiger partial charge in [-0.3, -0.25) is 9.69 Å². The highest BCUT2D eigenvalue weighted by Crippen LogP contribution is 2.38. The van der Waals surface area contributed by atoms with Crippen LogP contribution in [0.3, 0.4) is 0 Å². The maximum Gasteiger partial charge on any atom is 0.326 e. The number of nitrogens with zero attached hydrogens (tertiary/aromatic N) is 3. The molecule has 1 aromatic carbocycles. The molecule has 7 heteroatoms. The van der Waals surface area contributed by atoms with Gasteiger partial charge in [0.2, 0.25) is 0 Å². The van der Waals surface area contributed by atoms with Crippen LogP contribution in [0.15, 0.2) is 24.3 Å². The predicted molar refractivity (Wildman–Crippen MR) is 102 cm³/mol. The minimum atomic E-state index is -0.688. The molecule has 2 fully saturated rings. The van der Waals surface area contributed by atoms with Gasteiger partial charge in [0.25, 0.3) is 5.91 Å². The Bertz CT molecular complexity index is 818. The number of nitrogens with one attached hydrogen (secondary N) is 1. The molecule has 6 nitrogen and oxygen atoms in total. The van der Waals surface area contributed by atoms with Gasteiger partial charge in [0.1, 0.15) is 10.5 Å². The first kappa shape index (κ1) is 17.4. The number of urea groups is 1. The summed E-state index contributed by atoms with van der Waals surface area (Å²) < 4.78 is 1.15. The summed E-state index contributed by atoms with van der Waals surface area (Å²) in [5.41, 5.74) is 0.303. The van der Waals surface area contributed by atoms with Gasteiger partial charge in [0.15, 0.2) is 0 Å². The van der Waals surface area contributed by atoms with Crippen molar-refractivity contribution in [3.05, 3.63) is 29.3 Å². The van der Waals surface area contributed by atoms with Gasteiger partial charge in [0.05, 0.1) is 23.4 Å². The van der Waals surface area contributed by atoms with Crippen LogP contribution in [0.1, 0.15) is 37.6 Å². The number of imide groups is 1. The molecule has 1 aliphatic heterocycles. The second kappa shape index (κ2) is 6.63. The van der Waals surface area contributed by atoms with Crippen molar-refractivity contribution < 1.29 is 9.59 Å². The van der Waals surface area contributed by atoms with E-state index in [4.69, 9.17) is 0 Å². The van der Waals surface area contributed by atoms with E-state index in [0.29, 0.717) is 6.54 Å². The Labute approximate surface area is 157 Å². The summed E-state index contributed by atoms with van der Waals surface area (Å²) in [6.07, 6.45) is 3.85. The molecule has 0 bridgehead atoms. The number of rotatable bonds is 4. The van der Waals surface area contributed by atoms with E-state index in [9.17, 15) is 9.59 Å². The van der Waals surface area contributed by atoms with E-state index >= 15 is 0 Å². The quantitative estimate of drug-likeness (QED) is 0.837. The molecule has 0 unspecified atom stereocenters. The lowest BCUT2D eigenvalue weighted by molar-refractivity contribution is -0.135. The molecule has 1 aliphatic carbocycles. The van der Waals surface area contributed by atoms with Crippen molar-refractivity contribution in [2.75, 3.05) is 13.7 Å². The molecule has 2 aliphatic rings. The summed E-state index contributed by atoms with van der Waals surface area (Å²) >= 11 is 1.65. The number of hydrogen-bond donors (Lipinski definition) is 1. The van der Waals surface area contributed by atoms with Gasteiger partial charge in [-0.1, -0.05) is 31.9 Å². The Kier molecular flexibility index (Phi) is 4.44. The zero-order valence-electron chi connectivity index (χ0n) is 15.2. The fourth-order valence-electron chi connectivity index (χ4n) is 4.13. The van der Waals surface area contributed by atoms with Crippen molar-refractivity contribution in [1.82, 2.24) is 20.1 Å². The topological polar surface area (TPSA) is 65.5 Å². The predicted octanol–water partition coefficient (Wildman–Crippen LogP) is 3.19. The van der Waals surface area contributed by atoms with Crippen LogP contribution >= 0.6 is 11.3 Å². The van der Waals surface area contributed by atoms with Gasteiger partial charge in [-0.15, -0.1) is 11.3 Å². The van der Waals surface area contributed by atoms with Crippen LogP contribution in [-0.2, 0) is 11.3 Å². The number of carbonyl (C=O) groups excluding carboxylic acids is 2. The highest BCUT2D eigenvalue weighted by atomic mass is 32.1. The smallest absolute Gasteiger partial charge is 0.323 e. The molecule has 0 radical (unpaired) electrons. The molecule has 1 saturated heterocycles. The fourth-order valence-corrected chi connectivity index (χ4v) is 5.18. The van der Waals surface area contributed by atoms with E-state index < -0.39 is 5.54 Å². The second-order valence-electron chi connectivity index (χ2n) is 7.51. The lowest BCUT2D eigenvalue weighted by Crippen LogP contribution is -2.54. The first-order valence-corrected chi connectivity index (χ1v) is 9.98. The molecule has 2 atom stereocenters. The van der Waals surface area contributed by atoms with E-state index in [0.717, 1.165) is 40.9 Å². The molecule has 3 amide bonds. The number of amides is 3. The minimum Gasteiger partial charge on any atom is -0.323 e. The Morgan fingerprint density at radius 2 is 2.15 bits per heavy atom. The van der Waals surface area contributed by atoms with E-state index in [1.165, 1.54) is 4.90 Å². The van der Waals surface area contributed by atoms with Crippen molar-refractivity contribution >= 4 is 33.5 Å². The third-order valence-corrected chi connectivity index (χ3v) is 6.65. The Morgan fingerprint density at radius 3 is 2.92 bits per heavy atom. The SMILES string of the molecule is C[C@@H]1CCCC[C@]12NC(=O)N(CN(C)Cc1nc3ccccc3s1)C2=O. The van der Waals surface area contributed by atoms with Crippen LogP contribution in [0.2, 0.25) is 0 Å². The van der Waals surface area contributed by atoms with Crippen LogP contribution in [0, 0.1) is 5.92 Å². The summed E-state index contributed by atoms with van der Waals surface area (Å²) in [7, 11) is 1.92. The summed E-state index contributed by atoms with van der Waals surface area (Å²) in [5.74, 6) is 0.123. The largest absolute Gasteiger partial charge is 0.326 e. The van der Waals surface area contributed by atoms with Gasteiger partial charge >= 0.3 is 6.03 Å². The van der Waals surface area contributed by atoms with Gasteiger partial charge in [-0.2, -0.15) is 0 Å². The fraction of sp³-hybridized carbons (Fsp3) is 0.526. The molecule has 138 valence electrons. The van der Waals surface area contributed by atoms with Crippen LogP contribution in [-0.4, -0.2) is 46.0 Å². The number of para-hydroxylation sites is 1. The Morgan fingerprint density at radius 1 is 1.35 bits per heavy atom. The number of hydrogen-bond acceptors (Lipinski definition) is 5. The molecule has 1 saturated carbocycles. The van der Waals surface area contributed by atoms with E-state index in [-0.39, 0.29) is 24.5 Å². The van der Waals surface area contributed by atoms with Crippen molar-refractivity contribution in [3.8, 4) is 0 Å². The van der Waals surface area contributed by atoms with Crippen molar-refractivity contribution in [3.63, 3.8) is 0 Å². The molecule has 1 N–H and O–H groups in total. The van der Waals surface area contributed by atoms with Crippen LogP contribution in [0.5, 0.6) is 0 Å². The number of aromatic nitrogens is 1. The zero-order valence-corrected chi connectivity index (χ0v) is 16.0. The van der Waals surface area contributed by atoms with Gasteiger partial charge in [0, 0.05) is 0 Å². The van der Waals surface area contributed by atoms with E-state index in [1.54, 1.807) is 11.3 Å². The maximum absolute atomic E-state index is 13.0. The van der Waals surface area contributed by atoms with Crippen molar-refractivity contribution in [2.45, 2.75) is 44.7 Å². The molecule has 1 spiro atoms. The Balaban J connectivity index is 1.46. The van der Waals surface area contributed by atoms with Crippen molar-refractivity contribution in [1.29, 1.82) is 0 Å². The minimum absolute atomic E-state index is 0.0640. The molecule has 26 heavy (non-hydrogen) atoms. The summed E-state index contributed by atoms with van der Waals surface area (Å²) in [6, 6.07) is 7.78. The first-order chi connectivity index (χ1) is 12.5. The zero-order chi connectivity index (χ0) is 18.3. The highest BCUT2D eigenvalue weighted by molar-refractivity contribution is 7.18. The number of fused-ring (bicyclic) bond motifs is 1. The first-order valence-electron chi connectivity index (χ1n) is 9.17. The normalized spacial score (nSPS) is 26.3. The standard InChI is InChI=1S/C19H24N4O2S/c1-13-7-5-6-10-19(13)17(24)23(18(25)21-19)12-22(2)11-16-20-14-8-3-4-9-15(14)26-16/h3-4,8-9,13H,5-7,10-12H2,1-2H3,(H,21,25)/t13-,19+/m1/s1. The number of thiazole rings is 1. The van der Waals surface area contributed by atoms with Crippen LogP contribution in [0.25, 0.3) is 10.2 Å². The van der Waals surface area contributed by atoms with Crippen LogP contribution in [0.4, 0.5) is 4.79 Å². The Hall–Kier alpha value is -1.99. The average Bonchev–Trinajstić information content (AvgIpc) is 3.12. The van der Waals surface area contributed by atoms with Gasteiger partial charge < -0.3 is 5.32 Å². The lowest BCUT2D eigenvalue weighted by Gasteiger charge is -2.37. The molecule has 1 aromatic heterocycles.